The van der Waals surface area contributed by atoms with Crippen LogP contribution in [0, 0.1) is 6.92 Å². The SMILES string of the molecule is Cc1ccc([C@]2(C)NC(=O)N(CC(=O)O[C@H](C)C(N)=O)C2=O)cc1. The molecule has 24 heavy (non-hydrogen) atoms. The van der Waals surface area contributed by atoms with Gasteiger partial charge in [0.2, 0.25) is 0 Å². The number of aryl methyl sites for hydroxylation is 1. The van der Waals surface area contributed by atoms with Crippen molar-refractivity contribution < 1.29 is 23.9 Å². The van der Waals surface area contributed by atoms with Crippen LogP contribution in [0.25, 0.3) is 0 Å². The van der Waals surface area contributed by atoms with Crippen molar-refractivity contribution in [3.8, 4) is 0 Å². The van der Waals surface area contributed by atoms with Crippen molar-refractivity contribution in [2.75, 3.05) is 6.54 Å². The lowest BCUT2D eigenvalue weighted by Crippen LogP contribution is -2.42. The van der Waals surface area contributed by atoms with Crippen LogP contribution in [0.4, 0.5) is 4.79 Å². The molecule has 2 rings (SSSR count). The molecule has 1 aliphatic heterocycles. The summed E-state index contributed by atoms with van der Waals surface area (Å²) in [6, 6.07) is 6.43. The smallest absolute Gasteiger partial charge is 0.327 e. The minimum absolute atomic E-state index is 0.569. The van der Waals surface area contributed by atoms with Crippen LogP contribution in [0.2, 0.25) is 0 Å². The third-order valence-electron chi connectivity index (χ3n) is 3.90. The molecule has 0 saturated carbocycles. The summed E-state index contributed by atoms with van der Waals surface area (Å²) in [5, 5.41) is 2.59. The molecule has 0 spiro atoms. The zero-order chi connectivity index (χ0) is 18.1. The van der Waals surface area contributed by atoms with Crippen molar-refractivity contribution in [1.82, 2.24) is 10.2 Å². The van der Waals surface area contributed by atoms with Gasteiger partial charge < -0.3 is 15.8 Å². The van der Waals surface area contributed by atoms with Crippen molar-refractivity contribution in [2.24, 2.45) is 5.73 Å². The Hall–Kier alpha value is -2.90. The van der Waals surface area contributed by atoms with Crippen molar-refractivity contribution in [3.05, 3.63) is 35.4 Å². The normalized spacial score (nSPS) is 21.4. The van der Waals surface area contributed by atoms with E-state index in [1.54, 1.807) is 19.1 Å². The third-order valence-corrected chi connectivity index (χ3v) is 3.90. The molecule has 0 aromatic heterocycles. The fourth-order valence-electron chi connectivity index (χ4n) is 2.34. The zero-order valence-corrected chi connectivity index (χ0v) is 13.7. The number of urea groups is 1. The van der Waals surface area contributed by atoms with E-state index in [9.17, 15) is 19.2 Å². The molecule has 1 aliphatic rings. The number of carbonyl (C=O) groups excluding carboxylic acids is 4. The molecule has 0 bridgehead atoms. The molecule has 128 valence electrons. The van der Waals surface area contributed by atoms with Gasteiger partial charge in [-0.1, -0.05) is 29.8 Å². The van der Waals surface area contributed by atoms with E-state index >= 15 is 0 Å². The van der Waals surface area contributed by atoms with E-state index in [1.807, 2.05) is 19.1 Å². The first-order valence-corrected chi connectivity index (χ1v) is 7.35. The number of primary amides is 1. The van der Waals surface area contributed by atoms with Crippen LogP contribution >= 0.6 is 0 Å². The summed E-state index contributed by atoms with van der Waals surface area (Å²) in [4.78, 5) is 48.2. The number of nitrogens with two attached hydrogens (primary N) is 1. The monoisotopic (exact) mass is 333 g/mol. The zero-order valence-electron chi connectivity index (χ0n) is 13.7. The van der Waals surface area contributed by atoms with E-state index in [-0.39, 0.29) is 0 Å². The summed E-state index contributed by atoms with van der Waals surface area (Å²) in [6.07, 6.45) is -1.14. The Labute approximate surface area is 138 Å². The molecule has 4 amide bonds. The maximum absolute atomic E-state index is 12.6. The highest BCUT2D eigenvalue weighted by Gasteiger charge is 2.49. The van der Waals surface area contributed by atoms with Crippen molar-refractivity contribution in [2.45, 2.75) is 32.4 Å². The number of carbonyl (C=O) groups is 4. The van der Waals surface area contributed by atoms with Gasteiger partial charge in [0.25, 0.3) is 11.8 Å². The lowest BCUT2D eigenvalue weighted by atomic mass is 9.91. The summed E-state index contributed by atoms with van der Waals surface area (Å²) in [7, 11) is 0. The van der Waals surface area contributed by atoms with E-state index in [0.29, 0.717) is 5.56 Å². The van der Waals surface area contributed by atoms with Gasteiger partial charge in [-0.05, 0) is 26.3 Å². The molecule has 1 heterocycles. The van der Waals surface area contributed by atoms with Gasteiger partial charge in [0.1, 0.15) is 12.1 Å². The van der Waals surface area contributed by atoms with E-state index in [4.69, 9.17) is 10.5 Å². The molecule has 8 heteroatoms. The van der Waals surface area contributed by atoms with Gasteiger partial charge >= 0.3 is 12.0 Å². The Bertz CT molecular complexity index is 700. The summed E-state index contributed by atoms with van der Waals surface area (Å²) in [5.74, 6) is -2.27. The van der Waals surface area contributed by atoms with Crippen LogP contribution < -0.4 is 11.1 Å². The number of nitrogens with zero attached hydrogens (tertiary/aromatic N) is 1. The summed E-state index contributed by atoms with van der Waals surface area (Å²) in [6.45, 7) is 4.19. The number of imide groups is 1. The molecular weight excluding hydrogens is 314 g/mol. The van der Waals surface area contributed by atoms with E-state index < -0.39 is 42.0 Å². The highest BCUT2D eigenvalue weighted by molar-refractivity contribution is 6.08. The number of rotatable bonds is 5. The number of esters is 1. The predicted octanol–water partition coefficient (Wildman–Crippen LogP) is 0.179. The fourth-order valence-corrected chi connectivity index (χ4v) is 2.34. The number of hydrogen-bond acceptors (Lipinski definition) is 5. The van der Waals surface area contributed by atoms with Crippen LogP contribution in [-0.4, -0.2) is 41.4 Å². The Morgan fingerprint density at radius 2 is 1.88 bits per heavy atom. The van der Waals surface area contributed by atoms with Crippen molar-refractivity contribution >= 4 is 23.8 Å². The summed E-state index contributed by atoms with van der Waals surface area (Å²) in [5.41, 5.74) is 5.36. The predicted molar refractivity (Wildman–Crippen MR) is 83.5 cm³/mol. The highest BCUT2D eigenvalue weighted by Crippen LogP contribution is 2.28. The fraction of sp³-hybridized carbons (Fsp3) is 0.375. The molecule has 0 aliphatic carbocycles. The first kappa shape index (κ1) is 17.5. The lowest BCUT2D eigenvalue weighted by molar-refractivity contribution is -0.155. The number of benzene rings is 1. The van der Waals surface area contributed by atoms with Crippen LogP contribution in [0.3, 0.4) is 0 Å². The van der Waals surface area contributed by atoms with E-state index in [0.717, 1.165) is 10.5 Å². The Kier molecular flexibility index (Phi) is 4.59. The minimum Gasteiger partial charge on any atom is -0.451 e. The van der Waals surface area contributed by atoms with Gasteiger partial charge in [-0.25, -0.2) is 4.79 Å². The highest BCUT2D eigenvalue weighted by atomic mass is 16.5. The first-order chi connectivity index (χ1) is 11.1. The van der Waals surface area contributed by atoms with Gasteiger partial charge in [0.15, 0.2) is 6.10 Å². The molecule has 1 aromatic rings. The Morgan fingerprint density at radius 1 is 1.29 bits per heavy atom. The standard InChI is InChI=1S/C16H19N3O5/c1-9-4-6-11(7-5-9)16(3)14(22)19(15(23)18-16)8-12(20)24-10(2)13(17)21/h4-7,10H,8H2,1-3H3,(H2,17,21)(H,18,23)/t10-,16+/m1/s1. The van der Waals surface area contributed by atoms with Crippen LogP contribution in [-0.2, 0) is 24.7 Å². The molecule has 0 unspecified atom stereocenters. The summed E-state index contributed by atoms with van der Waals surface area (Å²) >= 11 is 0. The van der Waals surface area contributed by atoms with Gasteiger partial charge in [-0.15, -0.1) is 0 Å². The maximum atomic E-state index is 12.6. The number of ether oxygens (including phenoxy) is 1. The Morgan fingerprint density at radius 3 is 2.42 bits per heavy atom. The molecule has 2 atom stereocenters. The molecule has 1 saturated heterocycles. The van der Waals surface area contributed by atoms with E-state index in [2.05, 4.69) is 5.32 Å². The largest absolute Gasteiger partial charge is 0.451 e. The second kappa shape index (κ2) is 6.31. The molecule has 3 N–H and O–H groups in total. The van der Waals surface area contributed by atoms with Gasteiger partial charge in [0.05, 0.1) is 0 Å². The maximum Gasteiger partial charge on any atom is 0.327 e. The van der Waals surface area contributed by atoms with Crippen LogP contribution in [0.1, 0.15) is 25.0 Å². The molecule has 0 radical (unpaired) electrons. The number of nitrogens with one attached hydrogen (secondary N) is 1. The van der Waals surface area contributed by atoms with Crippen LogP contribution in [0.15, 0.2) is 24.3 Å². The molecule has 1 aromatic carbocycles. The number of hydrogen-bond donors (Lipinski definition) is 2. The van der Waals surface area contributed by atoms with Gasteiger partial charge in [-0.2, -0.15) is 0 Å². The first-order valence-electron chi connectivity index (χ1n) is 7.35. The number of amides is 4. The molecular formula is C16H19N3O5. The second-order valence-corrected chi connectivity index (χ2v) is 5.85. The van der Waals surface area contributed by atoms with Crippen molar-refractivity contribution in [3.63, 3.8) is 0 Å². The minimum atomic E-state index is -1.26. The molecule has 1 fully saturated rings. The quantitative estimate of drug-likeness (QED) is 0.588. The van der Waals surface area contributed by atoms with E-state index in [1.165, 1.54) is 6.92 Å². The average molecular weight is 333 g/mol. The average Bonchev–Trinajstić information content (AvgIpc) is 2.72. The van der Waals surface area contributed by atoms with Gasteiger partial charge in [-0.3, -0.25) is 19.3 Å². The van der Waals surface area contributed by atoms with Crippen molar-refractivity contribution in [1.29, 1.82) is 0 Å². The lowest BCUT2D eigenvalue weighted by Gasteiger charge is -2.22. The molecule has 8 nitrogen and oxygen atoms in total. The second-order valence-electron chi connectivity index (χ2n) is 5.85. The third kappa shape index (κ3) is 3.22. The summed E-state index contributed by atoms with van der Waals surface area (Å²) < 4.78 is 4.77. The Balaban J connectivity index is 2.15. The van der Waals surface area contributed by atoms with Gasteiger partial charge in [0, 0.05) is 0 Å². The van der Waals surface area contributed by atoms with Crippen LogP contribution in [0.5, 0.6) is 0 Å². The topological polar surface area (TPSA) is 119 Å².